The van der Waals surface area contributed by atoms with Crippen molar-refractivity contribution >= 4 is 107 Å². The van der Waals surface area contributed by atoms with Gasteiger partial charge in [0.05, 0.1) is 9.49 Å². The zero-order chi connectivity index (χ0) is 30.3. The highest BCUT2D eigenvalue weighted by Crippen LogP contribution is 2.32. The Morgan fingerprint density at radius 3 is 1.36 bits per heavy atom. The van der Waals surface area contributed by atoms with E-state index in [1.807, 2.05) is 27.7 Å². The van der Waals surface area contributed by atoms with Crippen LogP contribution in [0.25, 0.3) is 0 Å². The summed E-state index contributed by atoms with van der Waals surface area (Å²) < 4.78 is 7.28. The Morgan fingerprint density at radius 1 is 0.718 bits per heavy atom. The summed E-state index contributed by atoms with van der Waals surface area (Å²) in [4.78, 5) is 25.5. The summed E-state index contributed by atoms with van der Waals surface area (Å²) in [5.74, 6) is 2.05. The normalized spacial score (nSPS) is 12.8. The Morgan fingerprint density at radius 2 is 1.05 bits per heavy atom. The maximum absolute atomic E-state index is 12.7. The van der Waals surface area contributed by atoms with Crippen LogP contribution in [0.3, 0.4) is 0 Å². The van der Waals surface area contributed by atoms with Crippen molar-refractivity contribution in [3.63, 3.8) is 0 Å². The maximum Gasteiger partial charge on any atom is 0.236 e. The second-order valence-electron chi connectivity index (χ2n) is 11.8. The van der Waals surface area contributed by atoms with Gasteiger partial charge >= 0.3 is 0 Å². The van der Waals surface area contributed by atoms with Gasteiger partial charge in [0.25, 0.3) is 0 Å². The predicted octanol–water partition coefficient (Wildman–Crippen LogP) is 8.31. The second kappa shape index (κ2) is 19.2. The van der Waals surface area contributed by atoms with Gasteiger partial charge in [-0.2, -0.15) is 0 Å². The summed E-state index contributed by atoms with van der Waals surface area (Å²) in [5.41, 5.74) is 0. The van der Waals surface area contributed by atoms with E-state index in [0.29, 0.717) is 13.1 Å². The number of carbonyl (C=O) groups excluding carboxylic acids is 2. The molecule has 228 valence electrons. The SMILES string of the molecule is CCCSC(=S)SC(C)(C)C(=O)NCCC[Si](C)(C)O[Si](C)(C)CCCNC(=O)C(C)(C)SC(=S)SCCC. The van der Waals surface area contributed by atoms with E-state index in [1.165, 1.54) is 23.5 Å². The summed E-state index contributed by atoms with van der Waals surface area (Å²) in [5, 5.41) is 6.21. The smallest absolute Gasteiger partial charge is 0.236 e. The minimum atomic E-state index is -1.87. The first kappa shape index (κ1) is 39.9. The molecule has 0 aliphatic heterocycles. The number of amides is 2. The Bertz CT molecular complexity index is 747. The van der Waals surface area contributed by atoms with E-state index in [2.05, 4.69) is 50.7 Å². The first-order valence-corrected chi connectivity index (χ1v) is 24.5. The third-order valence-corrected chi connectivity index (χ3v) is 19.0. The molecule has 0 spiro atoms. The van der Waals surface area contributed by atoms with Crippen molar-refractivity contribution in [2.75, 3.05) is 24.6 Å². The van der Waals surface area contributed by atoms with Crippen LogP contribution in [0.2, 0.25) is 38.3 Å². The lowest BCUT2D eigenvalue weighted by Crippen LogP contribution is -2.46. The summed E-state index contributed by atoms with van der Waals surface area (Å²) in [6.45, 7) is 22.4. The fourth-order valence-corrected chi connectivity index (χ4v) is 18.4. The molecule has 0 heterocycles. The maximum atomic E-state index is 12.7. The molecule has 0 aliphatic carbocycles. The number of thiocarbonyl (C=S) groups is 2. The summed E-state index contributed by atoms with van der Waals surface area (Å²) >= 11 is 17.1. The number of rotatable bonds is 18. The van der Waals surface area contributed by atoms with Crippen LogP contribution in [0.1, 0.15) is 67.2 Å². The molecule has 0 bridgehead atoms. The Kier molecular flexibility index (Phi) is 19.7. The molecular formula is C26H52N2O3S6Si2. The van der Waals surface area contributed by atoms with Crippen molar-refractivity contribution in [3.8, 4) is 0 Å². The molecule has 0 aromatic rings. The summed E-state index contributed by atoms with van der Waals surface area (Å²) in [6.07, 6.45) is 3.96. The van der Waals surface area contributed by atoms with Gasteiger partial charge in [0, 0.05) is 13.1 Å². The number of hydrogen-bond donors (Lipinski definition) is 2. The standard InChI is InChI=1S/C26H52N2O3S6Si2/c1-11-17-34-23(32)36-25(3,4)21(29)27-15-13-19-38(7,8)31-39(9,10)20-14-16-28-22(30)26(5,6)37-24(33)35-18-12-2/h11-20H2,1-10H3,(H,27,29)(H,28,30). The Hall–Kier alpha value is 0.914. The third-order valence-electron chi connectivity index (χ3n) is 5.65. The molecule has 0 saturated carbocycles. The fourth-order valence-electron chi connectivity index (χ4n) is 3.65. The molecule has 2 amide bonds. The first-order valence-electron chi connectivity index (χ1n) is 13.9. The van der Waals surface area contributed by atoms with Gasteiger partial charge in [-0.15, -0.1) is 23.5 Å². The predicted molar refractivity (Wildman–Crippen MR) is 195 cm³/mol. The molecule has 0 unspecified atom stereocenters. The van der Waals surface area contributed by atoms with E-state index in [9.17, 15) is 9.59 Å². The van der Waals surface area contributed by atoms with Gasteiger partial charge in [-0.25, -0.2) is 0 Å². The highest BCUT2D eigenvalue weighted by atomic mass is 32.2. The fraction of sp³-hybridized carbons (Fsp3) is 0.846. The monoisotopic (exact) mass is 688 g/mol. The molecule has 5 nitrogen and oxygen atoms in total. The van der Waals surface area contributed by atoms with Crippen molar-refractivity contribution in [1.82, 2.24) is 10.6 Å². The summed E-state index contributed by atoms with van der Waals surface area (Å²) in [6, 6.07) is 2.00. The topological polar surface area (TPSA) is 67.4 Å². The Labute approximate surface area is 269 Å². The first-order chi connectivity index (χ1) is 17.9. The largest absolute Gasteiger partial charge is 0.455 e. The minimum absolute atomic E-state index is 0.0344. The van der Waals surface area contributed by atoms with Crippen LogP contribution < -0.4 is 10.6 Å². The highest BCUT2D eigenvalue weighted by Gasteiger charge is 2.34. The molecule has 13 heteroatoms. The van der Waals surface area contributed by atoms with E-state index in [1.54, 1.807) is 23.5 Å². The van der Waals surface area contributed by atoms with Gasteiger partial charge in [0.15, 0.2) is 16.6 Å². The molecule has 0 aromatic carbocycles. The van der Waals surface area contributed by atoms with Crippen LogP contribution in [0.15, 0.2) is 0 Å². The number of nitrogens with one attached hydrogen (secondary N) is 2. The van der Waals surface area contributed by atoms with Crippen LogP contribution in [0.5, 0.6) is 0 Å². The number of carbonyl (C=O) groups is 2. The van der Waals surface area contributed by atoms with Gasteiger partial charge < -0.3 is 14.7 Å². The van der Waals surface area contributed by atoms with Crippen LogP contribution in [0.4, 0.5) is 0 Å². The minimum Gasteiger partial charge on any atom is -0.455 e. The third kappa shape index (κ3) is 18.9. The molecule has 39 heavy (non-hydrogen) atoms. The van der Waals surface area contributed by atoms with Crippen LogP contribution >= 0.6 is 71.5 Å². The molecule has 0 aromatic heterocycles. The molecule has 0 atom stereocenters. The van der Waals surface area contributed by atoms with E-state index in [-0.39, 0.29) is 11.8 Å². The van der Waals surface area contributed by atoms with E-state index in [4.69, 9.17) is 28.6 Å². The molecule has 2 N–H and O–H groups in total. The van der Waals surface area contributed by atoms with Gasteiger partial charge in [-0.3, -0.25) is 9.59 Å². The van der Waals surface area contributed by atoms with Crippen molar-refractivity contribution < 1.29 is 13.7 Å². The molecule has 0 fully saturated rings. The van der Waals surface area contributed by atoms with Gasteiger partial charge in [-0.1, -0.05) is 61.8 Å². The van der Waals surface area contributed by atoms with Crippen molar-refractivity contribution in [2.45, 2.75) is 115 Å². The summed E-state index contributed by atoms with van der Waals surface area (Å²) in [7, 11) is -3.73. The lowest BCUT2D eigenvalue weighted by atomic mass is 10.2. The van der Waals surface area contributed by atoms with Crippen molar-refractivity contribution in [1.29, 1.82) is 0 Å². The Balaban J connectivity index is 4.45. The molecule has 0 rings (SSSR count). The average molecular weight is 689 g/mol. The molecule has 0 aliphatic rings. The zero-order valence-electron chi connectivity index (χ0n) is 25.7. The van der Waals surface area contributed by atoms with E-state index in [0.717, 1.165) is 56.3 Å². The van der Waals surface area contributed by atoms with Gasteiger partial charge in [0.1, 0.15) is 7.06 Å². The number of thioether (sulfide) groups is 4. The van der Waals surface area contributed by atoms with Crippen molar-refractivity contribution in [3.05, 3.63) is 0 Å². The lowest BCUT2D eigenvalue weighted by molar-refractivity contribution is -0.123. The quantitative estimate of drug-likeness (QED) is 0.0841. The van der Waals surface area contributed by atoms with Crippen molar-refractivity contribution in [2.24, 2.45) is 0 Å². The molecular weight excluding hydrogens is 637 g/mol. The van der Waals surface area contributed by atoms with Crippen LogP contribution in [-0.4, -0.2) is 69.6 Å². The number of hydrogen-bond acceptors (Lipinski definition) is 9. The highest BCUT2D eigenvalue weighted by molar-refractivity contribution is 8.48. The average Bonchev–Trinajstić information content (AvgIpc) is 2.80. The molecule has 0 radical (unpaired) electrons. The zero-order valence-corrected chi connectivity index (χ0v) is 32.6. The second-order valence-corrected chi connectivity index (χ2v) is 28.5. The van der Waals surface area contributed by atoms with Gasteiger partial charge in [0.2, 0.25) is 11.8 Å². The molecule has 0 saturated heterocycles. The lowest BCUT2D eigenvalue weighted by Gasteiger charge is -2.34. The van der Waals surface area contributed by atoms with E-state index < -0.39 is 26.1 Å². The van der Waals surface area contributed by atoms with E-state index >= 15 is 0 Å². The van der Waals surface area contributed by atoms with Crippen LogP contribution in [0, 0.1) is 0 Å². The van der Waals surface area contributed by atoms with Crippen LogP contribution in [-0.2, 0) is 13.7 Å². The van der Waals surface area contributed by atoms with Gasteiger partial charge in [-0.05, 0) is 103 Å².